The summed E-state index contributed by atoms with van der Waals surface area (Å²) in [7, 11) is 0. The smallest absolute Gasteiger partial charge is 0.0513 e. The van der Waals surface area contributed by atoms with E-state index < -0.39 is 0 Å². The quantitative estimate of drug-likeness (QED) is 0.754. The Bertz CT molecular complexity index is 495. The Morgan fingerprint density at radius 2 is 1.83 bits per heavy atom. The summed E-state index contributed by atoms with van der Waals surface area (Å²) in [5.74, 6) is 0. The number of para-hydroxylation sites is 1. The van der Waals surface area contributed by atoms with Gasteiger partial charge in [0.2, 0.25) is 0 Å². The molecule has 0 aliphatic rings. The van der Waals surface area contributed by atoms with Crippen LogP contribution in [0.25, 0.3) is 10.9 Å². The van der Waals surface area contributed by atoms with Crippen LogP contribution in [-0.4, -0.2) is 29.1 Å². The van der Waals surface area contributed by atoms with Crippen LogP contribution in [0.15, 0.2) is 30.5 Å². The Labute approximate surface area is 110 Å². The molecular weight excluding hydrogens is 220 g/mol. The zero-order chi connectivity index (χ0) is 13.0. The number of hydrogen-bond donors (Lipinski definition) is 0. The van der Waals surface area contributed by atoms with Crippen LogP contribution in [0.1, 0.15) is 26.3 Å². The molecule has 0 amide bonds. The molecule has 1 heterocycles. The number of hydrogen-bond acceptors (Lipinski definition) is 1. The van der Waals surface area contributed by atoms with Crippen molar-refractivity contribution in [3.63, 3.8) is 0 Å². The maximum Gasteiger partial charge on any atom is 0.0513 e. The van der Waals surface area contributed by atoms with Gasteiger partial charge in [-0.25, -0.2) is 0 Å². The van der Waals surface area contributed by atoms with Crippen LogP contribution < -0.4 is 0 Å². The normalized spacial score (nSPS) is 11.6. The van der Waals surface area contributed by atoms with Crippen molar-refractivity contribution in [2.45, 2.75) is 33.7 Å². The van der Waals surface area contributed by atoms with Crippen LogP contribution in [-0.2, 0) is 13.0 Å². The maximum atomic E-state index is 2.47. The summed E-state index contributed by atoms with van der Waals surface area (Å²) in [5, 5.41) is 1.37. The lowest BCUT2D eigenvalue weighted by Crippen LogP contribution is -2.26. The third kappa shape index (κ3) is 2.59. The summed E-state index contributed by atoms with van der Waals surface area (Å²) in [6.45, 7) is 11.2. The van der Waals surface area contributed by atoms with E-state index in [0.717, 1.165) is 32.6 Å². The predicted octanol–water partition coefficient (Wildman–Crippen LogP) is 3.55. The Balaban J connectivity index is 2.23. The highest BCUT2D eigenvalue weighted by Crippen LogP contribution is 2.20. The molecule has 0 radical (unpaired) electrons. The molecule has 2 heteroatoms. The van der Waals surface area contributed by atoms with Crippen molar-refractivity contribution in [3.05, 3.63) is 36.0 Å². The standard InChI is InChI=1S/C16H24N2/c1-4-14-8-7-9-15-10-11-18(16(14)15)13-12-17(5-2)6-3/h7-11H,4-6,12-13H2,1-3H3. The van der Waals surface area contributed by atoms with Crippen LogP contribution in [0.2, 0.25) is 0 Å². The van der Waals surface area contributed by atoms with Gasteiger partial charge < -0.3 is 9.47 Å². The van der Waals surface area contributed by atoms with E-state index in [4.69, 9.17) is 0 Å². The first-order chi connectivity index (χ1) is 8.80. The van der Waals surface area contributed by atoms with Gasteiger partial charge >= 0.3 is 0 Å². The molecule has 0 aliphatic carbocycles. The van der Waals surface area contributed by atoms with Crippen LogP contribution in [0.4, 0.5) is 0 Å². The van der Waals surface area contributed by atoms with Crippen molar-refractivity contribution < 1.29 is 0 Å². The van der Waals surface area contributed by atoms with Gasteiger partial charge in [0.15, 0.2) is 0 Å². The summed E-state index contributed by atoms with van der Waals surface area (Å²) < 4.78 is 2.41. The first kappa shape index (κ1) is 13.2. The zero-order valence-electron chi connectivity index (χ0n) is 11.8. The molecule has 18 heavy (non-hydrogen) atoms. The van der Waals surface area contributed by atoms with Crippen molar-refractivity contribution in [2.75, 3.05) is 19.6 Å². The summed E-state index contributed by atoms with van der Waals surface area (Å²) in [6, 6.07) is 8.85. The minimum absolute atomic E-state index is 1.09. The molecular formula is C16H24N2. The minimum Gasteiger partial charge on any atom is -0.346 e. The third-order valence-electron chi connectivity index (χ3n) is 3.80. The fourth-order valence-electron chi connectivity index (χ4n) is 2.60. The lowest BCUT2D eigenvalue weighted by molar-refractivity contribution is 0.292. The molecule has 2 rings (SSSR count). The Morgan fingerprint density at radius 1 is 1.06 bits per heavy atom. The number of aryl methyl sites for hydroxylation is 1. The number of aromatic nitrogens is 1. The topological polar surface area (TPSA) is 8.17 Å². The summed E-state index contributed by atoms with van der Waals surface area (Å²) >= 11 is 0. The molecule has 0 fully saturated rings. The fraction of sp³-hybridized carbons (Fsp3) is 0.500. The largest absolute Gasteiger partial charge is 0.346 e. The van der Waals surface area contributed by atoms with Crippen molar-refractivity contribution in [1.82, 2.24) is 9.47 Å². The molecule has 0 atom stereocenters. The third-order valence-corrected chi connectivity index (χ3v) is 3.80. The van der Waals surface area contributed by atoms with Crippen molar-refractivity contribution in [1.29, 1.82) is 0 Å². The molecule has 0 N–H and O–H groups in total. The van der Waals surface area contributed by atoms with E-state index in [0.29, 0.717) is 0 Å². The number of benzene rings is 1. The number of fused-ring (bicyclic) bond motifs is 1. The highest BCUT2D eigenvalue weighted by molar-refractivity contribution is 5.83. The fourth-order valence-corrected chi connectivity index (χ4v) is 2.60. The minimum atomic E-state index is 1.09. The molecule has 1 aromatic heterocycles. The van der Waals surface area contributed by atoms with Gasteiger partial charge in [-0.05, 0) is 36.5 Å². The SMILES string of the molecule is CCc1cccc2ccn(CCN(CC)CC)c12. The molecule has 0 saturated heterocycles. The van der Waals surface area contributed by atoms with Gasteiger partial charge in [0.25, 0.3) is 0 Å². The number of likely N-dealkylation sites (N-methyl/N-ethyl adjacent to an activating group) is 1. The molecule has 98 valence electrons. The van der Waals surface area contributed by atoms with Crippen LogP contribution in [0, 0.1) is 0 Å². The zero-order valence-corrected chi connectivity index (χ0v) is 11.8. The number of rotatable bonds is 6. The van der Waals surface area contributed by atoms with E-state index in [2.05, 4.69) is 60.7 Å². The molecule has 0 spiro atoms. The lowest BCUT2D eigenvalue weighted by atomic mass is 10.1. The van der Waals surface area contributed by atoms with Gasteiger partial charge in [-0.2, -0.15) is 0 Å². The van der Waals surface area contributed by atoms with E-state index >= 15 is 0 Å². The average Bonchev–Trinajstić information content (AvgIpc) is 2.83. The van der Waals surface area contributed by atoms with Gasteiger partial charge in [-0.3, -0.25) is 0 Å². The lowest BCUT2D eigenvalue weighted by Gasteiger charge is -2.19. The van der Waals surface area contributed by atoms with E-state index in [9.17, 15) is 0 Å². The van der Waals surface area contributed by atoms with Gasteiger partial charge in [0.05, 0.1) is 5.52 Å². The first-order valence-electron chi connectivity index (χ1n) is 7.09. The molecule has 0 unspecified atom stereocenters. The van der Waals surface area contributed by atoms with Crippen LogP contribution >= 0.6 is 0 Å². The van der Waals surface area contributed by atoms with E-state index in [1.807, 2.05) is 0 Å². The molecule has 0 bridgehead atoms. The Morgan fingerprint density at radius 3 is 2.50 bits per heavy atom. The Hall–Kier alpha value is -1.28. The van der Waals surface area contributed by atoms with Gasteiger partial charge in [0.1, 0.15) is 0 Å². The van der Waals surface area contributed by atoms with Crippen LogP contribution in [0.3, 0.4) is 0 Å². The molecule has 2 nitrogen and oxygen atoms in total. The first-order valence-corrected chi connectivity index (χ1v) is 7.09. The monoisotopic (exact) mass is 244 g/mol. The maximum absolute atomic E-state index is 2.47. The molecule has 0 saturated carbocycles. The molecule has 1 aromatic carbocycles. The molecule has 0 aliphatic heterocycles. The second-order valence-corrected chi connectivity index (χ2v) is 4.74. The van der Waals surface area contributed by atoms with E-state index in [1.54, 1.807) is 0 Å². The molecule has 2 aromatic rings. The highest BCUT2D eigenvalue weighted by atomic mass is 15.1. The second-order valence-electron chi connectivity index (χ2n) is 4.74. The van der Waals surface area contributed by atoms with Crippen molar-refractivity contribution >= 4 is 10.9 Å². The second kappa shape index (κ2) is 6.05. The van der Waals surface area contributed by atoms with Gasteiger partial charge in [-0.1, -0.05) is 39.0 Å². The highest BCUT2D eigenvalue weighted by Gasteiger charge is 2.06. The van der Waals surface area contributed by atoms with Crippen molar-refractivity contribution in [3.8, 4) is 0 Å². The average molecular weight is 244 g/mol. The van der Waals surface area contributed by atoms with Gasteiger partial charge in [0, 0.05) is 19.3 Å². The predicted molar refractivity (Wildman–Crippen MR) is 79.1 cm³/mol. The van der Waals surface area contributed by atoms with E-state index in [1.165, 1.54) is 16.5 Å². The number of nitrogens with zero attached hydrogens (tertiary/aromatic N) is 2. The summed E-state index contributed by atoms with van der Waals surface area (Å²) in [6.07, 6.45) is 3.33. The summed E-state index contributed by atoms with van der Waals surface area (Å²) in [4.78, 5) is 2.47. The van der Waals surface area contributed by atoms with E-state index in [-0.39, 0.29) is 0 Å². The van der Waals surface area contributed by atoms with Gasteiger partial charge in [-0.15, -0.1) is 0 Å². The summed E-state index contributed by atoms with van der Waals surface area (Å²) in [5.41, 5.74) is 2.88. The van der Waals surface area contributed by atoms with Crippen LogP contribution in [0.5, 0.6) is 0 Å². The Kier molecular flexibility index (Phi) is 4.43. The van der Waals surface area contributed by atoms with Crippen molar-refractivity contribution in [2.24, 2.45) is 0 Å².